The molecule has 0 bridgehead atoms. The van der Waals surface area contributed by atoms with Gasteiger partial charge in [0.25, 0.3) is 0 Å². The van der Waals surface area contributed by atoms with E-state index in [0.717, 1.165) is 58.4 Å². The molecule has 28 heavy (non-hydrogen) atoms. The van der Waals surface area contributed by atoms with Crippen molar-refractivity contribution in [3.63, 3.8) is 0 Å². The van der Waals surface area contributed by atoms with Gasteiger partial charge in [0.2, 0.25) is 0 Å². The van der Waals surface area contributed by atoms with Gasteiger partial charge >= 0.3 is 0 Å². The van der Waals surface area contributed by atoms with Gasteiger partial charge in [-0.3, -0.25) is 9.89 Å². The number of benzene rings is 1. The Morgan fingerprint density at radius 3 is 2.57 bits per heavy atom. The number of hydrogen-bond acceptors (Lipinski definition) is 4. The quantitative estimate of drug-likeness (QED) is 0.501. The van der Waals surface area contributed by atoms with Crippen LogP contribution in [-0.4, -0.2) is 75.3 Å². The molecule has 0 aliphatic carbocycles. The minimum Gasteiger partial charge on any atom is -0.379 e. The van der Waals surface area contributed by atoms with Gasteiger partial charge in [-0.1, -0.05) is 45.0 Å². The molecule has 0 amide bonds. The van der Waals surface area contributed by atoms with Crippen LogP contribution in [0.15, 0.2) is 29.3 Å². The van der Waals surface area contributed by atoms with E-state index in [0.29, 0.717) is 12.0 Å². The van der Waals surface area contributed by atoms with E-state index in [-0.39, 0.29) is 0 Å². The Kier molecular flexibility index (Phi) is 9.75. The maximum Gasteiger partial charge on any atom is 0.191 e. The van der Waals surface area contributed by atoms with Gasteiger partial charge in [-0.05, 0) is 30.6 Å². The average molecular weight is 390 g/mol. The lowest BCUT2D eigenvalue weighted by Crippen LogP contribution is -2.52. The van der Waals surface area contributed by atoms with Gasteiger partial charge < -0.3 is 20.3 Å². The van der Waals surface area contributed by atoms with E-state index in [4.69, 9.17) is 4.74 Å². The smallest absolute Gasteiger partial charge is 0.191 e. The molecule has 6 heteroatoms. The second-order valence-corrected chi connectivity index (χ2v) is 7.92. The molecule has 1 aromatic rings. The molecule has 1 aliphatic heterocycles. The van der Waals surface area contributed by atoms with E-state index >= 15 is 0 Å². The normalized spacial score (nSPS) is 17.2. The van der Waals surface area contributed by atoms with Gasteiger partial charge in [0.05, 0.1) is 13.2 Å². The molecule has 158 valence electrons. The summed E-state index contributed by atoms with van der Waals surface area (Å²) in [4.78, 5) is 9.25. The van der Waals surface area contributed by atoms with Crippen LogP contribution in [0.4, 0.5) is 0 Å². The highest BCUT2D eigenvalue weighted by atomic mass is 16.5. The second-order valence-electron chi connectivity index (χ2n) is 7.92. The first-order valence-electron chi connectivity index (χ1n) is 10.6. The van der Waals surface area contributed by atoms with Gasteiger partial charge in [-0.15, -0.1) is 0 Å². The van der Waals surface area contributed by atoms with Gasteiger partial charge in [0.1, 0.15) is 0 Å². The third kappa shape index (κ3) is 7.41. The number of rotatable bonds is 9. The van der Waals surface area contributed by atoms with Crippen LogP contribution in [0.2, 0.25) is 0 Å². The summed E-state index contributed by atoms with van der Waals surface area (Å²) in [7, 11) is 3.98. The summed E-state index contributed by atoms with van der Waals surface area (Å²) >= 11 is 0. The summed E-state index contributed by atoms with van der Waals surface area (Å²) in [6.07, 6.45) is 0. The molecule has 0 aromatic heterocycles. The Hall–Kier alpha value is -1.63. The molecule has 6 nitrogen and oxygen atoms in total. The molecule has 1 atom stereocenters. The molecule has 2 rings (SSSR count). The van der Waals surface area contributed by atoms with E-state index in [9.17, 15) is 0 Å². The number of morpholine rings is 1. The van der Waals surface area contributed by atoms with Crippen molar-refractivity contribution in [2.24, 2.45) is 10.9 Å². The van der Waals surface area contributed by atoms with E-state index in [1.165, 1.54) is 11.1 Å². The number of hydrogen-bond donors (Lipinski definition) is 2. The molecule has 0 radical (unpaired) electrons. The Labute approximate surface area is 171 Å². The fourth-order valence-electron chi connectivity index (χ4n) is 3.56. The first-order valence-corrected chi connectivity index (χ1v) is 10.6. The van der Waals surface area contributed by atoms with Crippen molar-refractivity contribution >= 4 is 5.96 Å². The summed E-state index contributed by atoms with van der Waals surface area (Å²) in [5.41, 5.74) is 2.62. The van der Waals surface area contributed by atoms with Crippen LogP contribution in [0.1, 0.15) is 31.9 Å². The Balaban J connectivity index is 1.86. The predicted molar refractivity (Wildman–Crippen MR) is 118 cm³/mol. The summed E-state index contributed by atoms with van der Waals surface area (Å²) in [5, 5.41) is 6.98. The van der Waals surface area contributed by atoms with Gasteiger partial charge in [0.15, 0.2) is 5.96 Å². The van der Waals surface area contributed by atoms with Crippen LogP contribution in [0.5, 0.6) is 0 Å². The van der Waals surface area contributed by atoms with Gasteiger partial charge in [0, 0.05) is 45.8 Å². The van der Waals surface area contributed by atoms with E-state index in [2.05, 4.69) is 77.5 Å². The zero-order chi connectivity index (χ0) is 20.4. The summed E-state index contributed by atoms with van der Waals surface area (Å²) < 4.78 is 5.50. The molecule has 1 unspecified atom stereocenters. The fraction of sp³-hybridized carbons (Fsp3) is 0.682. The van der Waals surface area contributed by atoms with Crippen molar-refractivity contribution in [2.75, 3.05) is 53.5 Å². The first-order chi connectivity index (χ1) is 13.5. The van der Waals surface area contributed by atoms with Crippen molar-refractivity contribution in [3.05, 3.63) is 35.4 Å². The van der Waals surface area contributed by atoms with Crippen molar-refractivity contribution in [3.8, 4) is 0 Å². The number of nitrogens with zero attached hydrogens (tertiary/aromatic N) is 3. The molecule has 2 N–H and O–H groups in total. The second kappa shape index (κ2) is 12.0. The lowest BCUT2D eigenvalue weighted by Gasteiger charge is -2.37. The lowest BCUT2D eigenvalue weighted by atomic mass is 10.0. The largest absolute Gasteiger partial charge is 0.379 e. The molecule has 1 saturated heterocycles. The number of nitrogens with one attached hydrogen (secondary N) is 2. The summed E-state index contributed by atoms with van der Waals surface area (Å²) in [6, 6.07) is 9.25. The summed E-state index contributed by atoms with van der Waals surface area (Å²) in [5.74, 6) is 1.44. The van der Waals surface area contributed by atoms with Crippen LogP contribution in [0.25, 0.3) is 0 Å². The Morgan fingerprint density at radius 1 is 1.21 bits per heavy atom. The Morgan fingerprint density at radius 2 is 1.93 bits per heavy atom. The van der Waals surface area contributed by atoms with Crippen LogP contribution in [0, 0.1) is 5.92 Å². The number of aliphatic imine (C=N–C) groups is 1. The monoisotopic (exact) mass is 389 g/mol. The van der Waals surface area contributed by atoms with Crippen LogP contribution < -0.4 is 10.6 Å². The molecule has 1 fully saturated rings. The number of guanidine groups is 1. The van der Waals surface area contributed by atoms with Crippen molar-refractivity contribution in [1.82, 2.24) is 20.4 Å². The highest BCUT2D eigenvalue weighted by Crippen LogP contribution is 2.12. The molecular formula is C22H39N5O. The van der Waals surface area contributed by atoms with Crippen LogP contribution >= 0.6 is 0 Å². The van der Waals surface area contributed by atoms with E-state index in [1.807, 2.05) is 7.05 Å². The highest BCUT2D eigenvalue weighted by Gasteiger charge is 2.23. The minimum atomic E-state index is 0.482. The van der Waals surface area contributed by atoms with E-state index < -0.39 is 0 Å². The lowest BCUT2D eigenvalue weighted by molar-refractivity contribution is 0.00752. The average Bonchev–Trinajstić information content (AvgIpc) is 2.71. The van der Waals surface area contributed by atoms with Crippen molar-refractivity contribution in [2.45, 2.75) is 39.9 Å². The van der Waals surface area contributed by atoms with Gasteiger partial charge in [-0.2, -0.15) is 0 Å². The zero-order valence-corrected chi connectivity index (χ0v) is 18.4. The van der Waals surface area contributed by atoms with E-state index in [1.54, 1.807) is 0 Å². The molecular weight excluding hydrogens is 350 g/mol. The van der Waals surface area contributed by atoms with Gasteiger partial charge in [-0.25, -0.2) is 0 Å². The van der Waals surface area contributed by atoms with Crippen molar-refractivity contribution in [1.29, 1.82) is 0 Å². The first kappa shape index (κ1) is 22.7. The molecule has 1 heterocycles. The standard InChI is InChI=1S/C22H39N5O/c1-6-26(5)17-20-9-7-8-19(14-20)15-24-22(23-4)25-16-21(18(2)3)27-10-12-28-13-11-27/h7-9,14,18,21H,6,10-13,15-17H2,1-5H3,(H2,23,24,25). The van der Waals surface area contributed by atoms with Crippen LogP contribution in [-0.2, 0) is 17.8 Å². The topological polar surface area (TPSA) is 52.1 Å². The highest BCUT2D eigenvalue weighted by molar-refractivity contribution is 5.79. The Bertz CT molecular complexity index is 598. The van der Waals surface area contributed by atoms with Crippen LogP contribution in [0.3, 0.4) is 0 Å². The SMILES string of the molecule is CCN(C)Cc1cccc(CNC(=NC)NCC(C(C)C)N2CCOCC2)c1. The maximum absolute atomic E-state index is 5.50. The predicted octanol–water partition coefficient (Wildman–Crippen LogP) is 2.16. The third-order valence-corrected chi connectivity index (χ3v) is 5.43. The molecule has 1 aliphatic rings. The zero-order valence-electron chi connectivity index (χ0n) is 18.4. The minimum absolute atomic E-state index is 0.482. The molecule has 0 spiro atoms. The molecule has 1 aromatic carbocycles. The fourth-order valence-corrected chi connectivity index (χ4v) is 3.56. The number of ether oxygens (including phenoxy) is 1. The third-order valence-electron chi connectivity index (χ3n) is 5.43. The summed E-state index contributed by atoms with van der Waals surface area (Å²) in [6.45, 7) is 14.1. The van der Waals surface area contributed by atoms with Crippen molar-refractivity contribution < 1.29 is 4.74 Å². The molecule has 0 saturated carbocycles. The maximum atomic E-state index is 5.50.